The first-order valence-corrected chi connectivity index (χ1v) is 9.59. The van der Waals surface area contributed by atoms with E-state index in [9.17, 15) is 0 Å². The highest BCUT2D eigenvalue weighted by molar-refractivity contribution is 14.0. The monoisotopic (exact) mass is 528 g/mol. The number of hydrogen-bond donors (Lipinski definition) is 2. The number of anilines is 1. The summed E-state index contributed by atoms with van der Waals surface area (Å²) in [5.74, 6) is 2.57. The number of nitrogens with one attached hydrogen (secondary N) is 2. The van der Waals surface area contributed by atoms with Gasteiger partial charge in [0.1, 0.15) is 0 Å². The molecule has 0 spiro atoms. The summed E-state index contributed by atoms with van der Waals surface area (Å²) in [4.78, 5) is 6.79. The van der Waals surface area contributed by atoms with Gasteiger partial charge in [0.25, 0.3) is 0 Å². The van der Waals surface area contributed by atoms with E-state index in [-0.39, 0.29) is 24.0 Å². The van der Waals surface area contributed by atoms with Gasteiger partial charge < -0.3 is 29.7 Å². The Labute approximate surface area is 196 Å². The standard InChI is InChI=1S/C22H32N4O3.HI/c1-7-23-22(24-14-16-9-8-10-18(11-16)26(2)3)25-15-17-12-19(27-4)21(29-6)20(13-17)28-5;/h8-13H,7,14-15H2,1-6H3,(H2,23,24,25);1H. The van der Waals surface area contributed by atoms with Crippen LogP contribution in [0.15, 0.2) is 41.4 Å². The van der Waals surface area contributed by atoms with E-state index in [0.29, 0.717) is 30.3 Å². The van der Waals surface area contributed by atoms with Crippen LogP contribution in [0.3, 0.4) is 0 Å². The highest BCUT2D eigenvalue weighted by Gasteiger charge is 2.13. The average molecular weight is 528 g/mol. The summed E-state index contributed by atoms with van der Waals surface area (Å²) in [5, 5.41) is 6.67. The fourth-order valence-electron chi connectivity index (χ4n) is 2.87. The molecule has 0 bridgehead atoms. The van der Waals surface area contributed by atoms with E-state index in [1.165, 1.54) is 11.3 Å². The SMILES string of the molecule is CCNC(=NCc1cc(OC)c(OC)c(OC)c1)NCc1cccc(N(C)C)c1.I. The van der Waals surface area contributed by atoms with E-state index in [0.717, 1.165) is 18.1 Å². The lowest BCUT2D eigenvalue weighted by molar-refractivity contribution is 0.324. The maximum absolute atomic E-state index is 5.42. The van der Waals surface area contributed by atoms with Crippen LogP contribution in [0.2, 0.25) is 0 Å². The van der Waals surface area contributed by atoms with Crippen molar-refractivity contribution in [1.82, 2.24) is 10.6 Å². The van der Waals surface area contributed by atoms with Gasteiger partial charge in [0.05, 0.1) is 27.9 Å². The van der Waals surface area contributed by atoms with Crippen molar-refractivity contribution in [3.05, 3.63) is 47.5 Å². The molecular formula is C22H33IN4O3. The molecule has 166 valence electrons. The van der Waals surface area contributed by atoms with Crippen LogP contribution in [0.5, 0.6) is 17.2 Å². The first kappa shape index (κ1) is 25.7. The highest BCUT2D eigenvalue weighted by atomic mass is 127. The topological polar surface area (TPSA) is 67.4 Å². The Hall–Kier alpha value is -2.36. The first-order chi connectivity index (χ1) is 14.0. The third-order valence-corrected chi connectivity index (χ3v) is 4.38. The maximum Gasteiger partial charge on any atom is 0.203 e. The Balaban J connectivity index is 0.00000450. The molecule has 0 aliphatic heterocycles. The van der Waals surface area contributed by atoms with Crippen molar-refractivity contribution in [3.8, 4) is 17.2 Å². The molecule has 2 rings (SSSR count). The molecule has 2 aromatic rings. The van der Waals surface area contributed by atoms with Crippen molar-refractivity contribution >= 4 is 35.6 Å². The van der Waals surface area contributed by atoms with Crippen LogP contribution in [-0.2, 0) is 13.1 Å². The van der Waals surface area contributed by atoms with Crippen molar-refractivity contribution < 1.29 is 14.2 Å². The molecule has 0 heterocycles. The Bertz CT molecular complexity index is 803. The van der Waals surface area contributed by atoms with Gasteiger partial charge in [0, 0.05) is 32.9 Å². The Kier molecular flexibility index (Phi) is 11.2. The molecule has 0 amide bonds. The minimum Gasteiger partial charge on any atom is -0.493 e. The molecule has 0 atom stereocenters. The lowest BCUT2D eigenvalue weighted by Gasteiger charge is -2.16. The predicted octanol–water partition coefficient (Wildman–Crippen LogP) is 3.65. The van der Waals surface area contributed by atoms with Crippen molar-refractivity contribution in [2.24, 2.45) is 4.99 Å². The van der Waals surface area contributed by atoms with E-state index in [4.69, 9.17) is 19.2 Å². The Morgan fingerprint density at radius 1 is 0.933 bits per heavy atom. The molecule has 0 aromatic heterocycles. The number of ether oxygens (including phenoxy) is 3. The van der Waals surface area contributed by atoms with Crippen LogP contribution >= 0.6 is 24.0 Å². The van der Waals surface area contributed by atoms with Crippen LogP contribution in [0.4, 0.5) is 5.69 Å². The lowest BCUT2D eigenvalue weighted by Crippen LogP contribution is -2.36. The smallest absolute Gasteiger partial charge is 0.203 e. The normalized spacial score (nSPS) is 10.7. The molecule has 0 fully saturated rings. The highest BCUT2D eigenvalue weighted by Crippen LogP contribution is 2.38. The molecule has 0 aliphatic carbocycles. The van der Waals surface area contributed by atoms with Gasteiger partial charge in [-0.1, -0.05) is 12.1 Å². The van der Waals surface area contributed by atoms with Gasteiger partial charge in [0.15, 0.2) is 17.5 Å². The summed E-state index contributed by atoms with van der Waals surface area (Å²) < 4.78 is 16.2. The largest absolute Gasteiger partial charge is 0.493 e. The van der Waals surface area contributed by atoms with Gasteiger partial charge in [-0.25, -0.2) is 4.99 Å². The zero-order valence-electron chi connectivity index (χ0n) is 18.6. The number of methoxy groups -OCH3 is 3. The number of hydrogen-bond acceptors (Lipinski definition) is 5. The van der Waals surface area contributed by atoms with Crippen LogP contribution in [0.1, 0.15) is 18.1 Å². The van der Waals surface area contributed by atoms with E-state index < -0.39 is 0 Å². The Morgan fingerprint density at radius 2 is 1.60 bits per heavy atom. The fraction of sp³-hybridized carbons (Fsp3) is 0.409. The average Bonchev–Trinajstić information content (AvgIpc) is 2.74. The second-order valence-corrected chi connectivity index (χ2v) is 6.65. The van der Waals surface area contributed by atoms with Crippen molar-refractivity contribution in [3.63, 3.8) is 0 Å². The Morgan fingerprint density at radius 3 is 2.13 bits per heavy atom. The van der Waals surface area contributed by atoms with Gasteiger partial charge in [-0.15, -0.1) is 24.0 Å². The van der Waals surface area contributed by atoms with E-state index in [1.54, 1.807) is 21.3 Å². The summed E-state index contributed by atoms with van der Waals surface area (Å²) in [6, 6.07) is 12.2. The van der Waals surface area contributed by atoms with Gasteiger partial charge in [0.2, 0.25) is 5.75 Å². The quantitative estimate of drug-likeness (QED) is 0.294. The third-order valence-electron chi connectivity index (χ3n) is 4.38. The van der Waals surface area contributed by atoms with Crippen molar-refractivity contribution in [2.75, 3.05) is 46.9 Å². The van der Waals surface area contributed by atoms with Gasteiger partial charge in [-0.05, 0) is 42.3 Å². The summed E-state index contributed by atoms with van der Waals surface area (Å²) in [5.41, 5.74) is 3.32. The molecule has 7 nitrogen and oxygen atoms in total. The number of benzene rings is 2. The molecule has 0 aliphatic rings. The van der Waals surface area contributed by atoms with E-state index in [1.807, 2.05) is 33.2 Å². The van der Waals surface area contributed by atoms with Gasteiger partial charge in [-0.2, -0.15) is 0 Å². The third kappa shape index (κ3) is 7.16. The second-order valence-electron chi connectivity index (χ2n) is 6.65. The fourth-order valence-corrected chi connectivity index (χ4v) is 2.87. The first-order valence-electron chi connectivity index (χ1n) is 9.59. The van der Waals surface area contributed by atoms with Crippen LogP contribution in [0, 0.1) is 0 Å². The van der Waals surface area contributed by atoms with Crippen LogP contribution < -0.4 is 29.7 Å². The van der Waals surface area contributed by atoms with E-state index >= 15 is 0 Å². The second kappa shape index (κ2) is 13.0. The van der Waals surface area contributed by atoms with E-state index in [2.05, 4.69) is 39.8 Å². The van der Waals surface area contributed by atoms with Gasteiger partial charge >= 0.3 is 0 Å². The summed E-state index contributed by atoms with van der Waals surface area (Å²) in [6.07, 6.45) is 0. The maximum atomic E-state index is 5.42. The molecule has 0 saturated carbocycles. The molecule has 2 aromatic carbocycles. The number of aliphatic imine (C=N–C) groups is 1. The number of guanidine groups is 1. The zero-order valence-corrected chi connectivity index (χ0v) is 20.9. The number of halogens is 1. The zero-order chi connectivity index (χ0) is 21.2. The van der Waals surface area contributed by atoms with Crippen LogP contribution in [-0.4, -0.2) is 47.9 Å². The minimum atomic E-state index is 0. The summed E-state index contributed by atoms with van der Waals surface area (Å²) in [7, 11) is 8.89. The number of nitrogens with zero attached hydrogens (tertiary/aromatic N) is 2. The molecule has 0 saturated heterocycles. The van der Waals surface area contributed by atoms with Crippen molar-refractivity contribution in [1.29, 1.82) is 0 Å². The van der Waals surface area contributed by atoms with Gasteiger partial charge in [-0.3, -0.25) is 0 Å². The number of rotatable bonds is 9. The molecule has 0 unspecified atom stereocenters. The summed E-state index contributed by atoms with van der Waals surface area (Å²) in [6.45, 7) is 3.98. The summed E-state index contributed by atoms with van der Waals surface area (Å²) >= 11 is 0. The molecule has 8 heteroatoms. The molecular weight excluding hydrogens is 495 g/mol. The molecule has 30 heavy (non-hydrogen) atoms. The molecule has 2 N–H and O–H groups in total. The predicted molar refractivity (Wildman–Crippen MR) is 134 cm³/mol. The molecule has 0 radical (unpaired) electrons. The van der Waals surface area contributed by atoms with Crippen LogP contribution in [0.25, 0.3) is 0 Å². The lowest BCUT2D eigenvalue weighted by atomic mass is 10.2. The minimum absolute atomic E-state index is 0. The van der Waals surface area contributed by atoms with Crippen molar-refractivity contribution in [2.45, 2.75) is 20.0 Å².